The minimum atomic E-state index is 0.0930. The number of hydrogen-bond acceptors (Lipinski definition) is 3. The van der Waals surface area contributed by atoms with Crippen LogP contribution in [0.1, 0.15) is 16.6 Å². The van der Waals surface area contributed by atoms with E-state index in [2.05, 4.69) is 0 Å². The fraction of sp³-hybridized carbons (Fsp3) is 0.0833. The van der Waals surface area contributed by atoms with Crippen LogP contribution in [-0.4, -0.2) is 5.78 Å². The number of para-hydroxylation sites is 1. The zero-order valence-electron chi connectivity index (χ0n) is 8.11. The molecule has 0 aliphatic rings. The maximum atomic E-state index is 11.2. The average molecular weight is 216 g/mol. The Morgan fingerprint density at radius 1 is 1.27 bits per heavy atom. The highest BCUT2D eigenvalue weighted by molar-refractivity contribution is 7.21. The molecule has 0 atom stereocenters. The number of carbonyl (C=O) groups is 1. The van der Waals surface area contributed by atoms with Crippen LogP contribution < -0.4 is 0 Å². The topological polar surface area (TPSA) is 30.2 Å². The predicted octanol–water partition coefficient (Wildman–Crippen LogP) is 3.85. The van der Waals surface area contributed by atoms with Crippen molar-refractivity contribution >= 4 is 38.4 Å². The maximum absolute atomic E-state index is 11.2. The number of fused-ring (bicyclic) bond motifs is 3. The number of hydrogen-bond donors (Lipinski definition) is 0. The van der Waals surface area contributed by atoms with Gasteiger partial charge in [0, 0.05) is 11.5 Å². The lowest BCUT2D eigenvalue weighted by molar-refractivity contribution is 0.102. The fourth-order valence-corrected chi connectivity index (χ4v) is 2.68. The molecule has 2 heterocycles. The summed E-state index contributed by atoms with van der Waals surface area (Å²) in [6, 6.07) is 9.70. The maximum Gasteiger partial charge on any atom is 0.169 e. The Morgan fingerprint density at radius 2 is 2.07 bits per heavy atom. The van der Waals surface area contributed by atoms with Gasteiger partial charge in [-0.25, -0.2) is 0 Å². The van der Waals surface area contributed by atoms with E-state index >= 15 is 0 Å². The van der Waals surface area contributed by atoms with Crippen molar-refractivity contribution in [2.24, 2.45) is 0 Å². The number of furan rings is 1. The summed E-state index contributed by atoms with van der Waals surface area (Å²) >= 11 is 1.50. The Morgan fingerprint density at radius 3 is 2.87 bits per heavy atom. The van der Waals surface area contributed by atoms with E-state index in [0.717, 1.165) is 26.1 Å². The van der Waals surface area contributed by atoms with Crippen LogP contribution in [0.3, 0.4) is 0 Å². The van der Waals surface area contributed by atoms with Crippen LogP contribution in [0, 0.1) is 0 Å². The molecule has 2 aromatic heterocycles. The van der Waals surface area contributed by atoms with Crippen LogP contribution >= 0.6 is 11.3 Å². The van der Waals surface area contributed by atoms with Gasteiger partial charge >= 0.3 is 0 Å². The third-order valence-electron chi connectivity index (χ3n) is 2.40. The summed E-state index contributed by atoms with van der Waals surface area (Å²) in [7, 11) is 0. The Kier molecular flexibility index (Phi) is 1.70. The van der Waals surface area contributed by atoms with Gasteiger partial charge in [0.2, 0.25) is 0 Å². The molecule has 0 radical (unpaired) electrons. The highest BCUT2D eigenvalue weighted by atomic mass is 32.1. The van der Waals surface area contributed by atoms with Gasteiger partial charge in [-0.05, 0) is 19.1 Å². The zero-order valence-corrected chi connectivity index (χ0v) is 8.93. The first-order chi connectivity index (χ1) is 7.25. The molecule has 0 fully saturated rings. The van der Waals surface area contributed by atoms with Gasteiger partial charge in [0.05, 0.1) is 9.58 Å². The van der Waals surface area contributed by atoms with E-state index < -0.39 is 0 Å². The van der Waals surface area contributed by atoms with E-state index in [1.165, 1.54) is 11.3 Å². The fourth-order valence-electron chi connectivity index (χ4n) is 1.67. The molecule has 2 nitrogen and oxygen atoms in total. The van der Waals surface area contributed by atoms with Crippen molar-refractivity contribution in [2.75, 3.05) is 0 Å². The second kappa shape index (κ2) is 2.94. The van der Waals surface area contributed by atoms with Crippen molar-refractivity contribution in [3.63, 3.8) is 0 Å². The van der Waals surface area contributed by atoms with Crippen LogP contribution in [-0.2, 0) is 0 Å². The molecule has 74 valence electrons. The van der Waals surface area contributed by atoms with E-state index in [9.17, 15) is 4.79 Å². The van der Waals surface area contributed by atoms with Crippen molar-refractivity contribution in [3.05, 3.63) is 35.2 Å². The lowest BCUT2D eigenvalue weighted by Crippen LogP contribution is -1.83. The summed E-state index contributed by atoms with van der Waals surface area (Å²) in [6.07, 6.45) is 0. The third kappa shape index (κ3) is 1.20. The van der Waals surface area contributed by atoms with Crippen LogP contribution in [0.15, 0.2) is 34.7 Å². The van der Waals surface area contributed by atoms with E-state index in [0.29, 0.717) is 0 Å². The van der Waals surface area contributed by atoms with Crippen molar-refractivity contribution in [1.29, 1.82) is 0 Å². The summed E-state index contributed by atoms with van der Waals surface area (Å²) < 4.78 is 6.71. The molecule has 15 heavy (non-hydrogen) atoms. The van der Waals surface area contributed by atoms with Crippen LogP contribution in [0.4, 0.5) is 0 Å². The molecule has 0 unspecified atom stereocenters. The third-order valence-corrected chi connectivity index (χ3v) is 3.65. The molecule has 1 aromatic carbocycles. The lowest BCUT2D eigenvalue weighted by Gasteiger charge is -1.86. The molecule has 0 bridgehead atoms. The van der Waals surface area contributed by atoms with Gasteiger partial charge in [-0.1, -0.05) is 12.1 Å². The minimum absolute atomic E-state index is 0.0930. The monoisotopic (exact) mass is 216 g/mol. The number of carbonyl (C=O) groups excluding carboxylic acids is 1. The Balaban J connectivity index is 2.42. The first kappa shape index (κ1) is 8.68. The first-order valence-corrected chi connectivity index (χ1v) is 5.49. The van der Waals surface area contributed by atoms with Gasteiger partial charge in [0.15, 0.2) is 5.78 Å². The molecule has 3 heteroatoms. The van der Waals surface area contributed by atoms with Gasteiger partial charge in [-0.2, -0.15) is 0 Å². The van der Waals surface area contributed by atoms with Crippen LogP contribution in [0.25, 0.3) is 21.3 Å². The first-order valence-electron chi connectivity index (χ1n) is 4.68. The molecular weight excluding hydrogens is 208 g/mol. The number of Topliss-reactive ketones (excluding diaryl/α,β-unsaturated/α-hetero) is 1. The summed E-state index contributed by atoms with van der Waals surface area (Å²) in [4.78, 5) is 12.0. The SMILES string of the molecule is CC(=O)c1cc2oc3ccccc3c2s1. The lowest BCUT2D eigenvalue weighted by atomic mass is 10.2. The van der Waals surface area contributed by atoms with Gasteiger partial charge in [-0.15, -0.1) is 11.3 Å². The summed E-state index contributed by atoms with van der Waals surface area (Å²) in [5.41, 5.74) is 1.69. The van der Waals surface area contributed by atoms with Crippen LogP contribution in [0.2, 0.25) is 0 Å². The minimum Gasteiger partial charge on any atom is -0.455 e. The zero-order chi connectivity index (χ0) is 10.4. The van der Waals surface area contributed by atoms with Gasteiger partial charge in [0.25, 0.3) is 0 Å². The number of thiophene rings is 1. The van der Waals surface area contributed by atoms with Crippen molar-refractivity contribution < 1.29 is 9.21 Å². The number of rotatable bonds is 1. The number of benzene rings is 1. The van der Waals surface area contributed by atoms with Gasteiger partial charge in [-0.3, -0.25) is 4.79 Å². The van der Waals surface area contributed by atoms with Crippen molar-refractivity contribution in [2.45, 2.75) is 6.92 Å². The normalized spacial score (nSPS) is 11.3. The molecular formula is C12H8O2S. The van der Waals surface area contributed by atoms with Crippen molar-refractivity contribution in [3.8, 4) is 0 Å². The molecule has 0 N–H and O–H groups in total. The highest BCUT2D eigenvalue weighted by Crippen LogP contribution is 2.35. The van der Waals surface area contributed by atoms with E-state index in [4.69, 9.17) is 4.42 Å². The van der Waals surface area contributed by atoms with Crippen LogP contribution in [0.5, 0.6) is 0 Å². The average Bonchev–Trinajstić information content (AvgIpc) is 2.73. The molecule has 0 amide bonds. The molecule has 3 rings (SSSR count). The smallest absolute Gasteiger partial charge is 0.169 e. The second-order valence-corrected chi connectivity index (χ2v) is 4.51. The van der Waals surface area contributed by atoms with E-state index in [1.54, 1.807) is 6.92 Å². The second-order valence-electron chi connectivity index (χ2n) is 3.46. The Labute approximate surface area is 90.1 Å². The standard InChI is InChI=1S/C12H8O2S/c1-7(13)11-6-10-12(15-11)8-4-2-3-5-9(8)14-10/h2-6H,1H3. The quantitative estimate of drug-likeness (QED) is 0.578. The number of ketones is 1. The summed E-state index contributed by atoms with van der Waals surface area (Å²) in [6.45, 7) is 1.58. The van der Waals surface area contributed by atoms with Gasteiger partial charge in [0.1, 0.15) is 11.2 Å². The van der Waals surface area contributed by atoms with Crippen molar-refractivity contribution in [1.82, 2.24) is 0 Å². The predicted molar refractivity (Wildman–Crippen MR) is 61.6 cm³/mol. The molecule has 0 aliphatic carbocycles. The molecule has 0 spiro atoms. The van der Waals surface area contributed by atoms with Gasteiger partial charge < -0.3 is 4.42 Å². The largest absolute Gasteiger partial charge is 0.455 e. The molecule has 3 aromatic rings. The van der Waals surface area contributed by atoms with E-state index in [1.807, 2.05) is 30.3 Å². The molecule has 0 saturated carbocycles. The summed E-state index contributed by atoms with van der Waals surface area (Å²) in [5.74, 6) is 0.0930. The molecule has 0 aliphatic heterocycles. The van der Waals surface area contributed by atoms with E-state index in [-0.39, 0.29) is 5.78 Å². The Bertz CT molecular complexity index is 660. The molecule has 0 saturated heterocycles. The Hall–Kier alpha value is -1.61. The highest BCUT2D eigenvalue weighted by Gasteiger charge is 2.12. The summed E-state index contributed by atoms with van der Waals surface area (Å²) in [5, 5.41) is 1.09.